The number of hydrogen-bond donors (Lipinski definition) is 1. The molecule has 0 fully saturated rings. The molecule has 3 rings (SSSR count). The predicted octanol–water partition coefficient (Wildman–Crippen LogP) is 4.11. The molecule has 3 aromatic carbocycles. The fourth-order valence-corrected chi connectivity index (χ4v) is 3.15. The molecule has 0 aliphatic heterocycles. The molecule has 6 nitrogen and oxygen atoms in total. The van der Waals surface area contributed by atoms with Gasteiger partial charge in [0, 0.05) is 24.2 Å². The van der Waals surface area contributed by atoms with Gasteiger partial charge in [0.1, 0.15) is 5.75 Å². The molecule has 0 unspecified atom stereocenters. The topological polar surface area (TPSA) is 81.5 Å². The van der Waals surface area contributed by atoms with Crippen molar-refractivity contribution in [3.8, 4) is 16.9 Å². The normalized spacial score (nSPS) is 10.3. The first-order valence-electron chi connectivity index (χ1n) is 8.78. The van der Waals surface area contributed by atoms with Crippen molar-refractivity contribution in [1.82, 2.24) is 5.32 Å². The third-order valence-electron chi connectivity index (χ3n) is 4.52. The van der Waals surface area contributed by atoms with Crippen molar-refractivity contribution in [2.75, 3.05) is 7.11 Å². The fraction of sp³-hybridized carbons (Fsp3) is 0.136. The van der Waals surface area contributed by atoms with Crippen molar-refractivity contribution in [2.45, 2.75) is 13.0 Å². The van der Waals surface area contributed by atoms with Crippen LogP contribution in [-0.2, 0) is 17.8 Å². The van der Waals surface area contributed by atoms with Gasteiger partial charge in [0.25, 0.3) is 5.69 Å². The van der Waals surface area contributed by atoms with Gasteiger partial charge in [0.15, 0.2) is 0 Å². The van der Waals surface area contributed by atoms with Gasteiger partial charge in [-0.3, -0.25) is 14.9 Å². The quantitative estimate of drug-likeness (QED) is 0.364. The van der Waals surface area contributed by atoms with Gasteiger partial charge in [-0.1, -0.05) is 42.5 Å². The van der Waals surface area contributed by atoms with E-state index in [1.807, 2.05) is 48.5 Å². The zero-order chi connectivity index (χ0) is 19.9. The van der Waals surface area contributed by atoms with Crippen LogP contribution in [-0.4, -0.2) is 18.4 Å². The number of nitro groups is 1. The highest BCUT2D eigenvalue weighted by Crippen LogP contribution is 2.33. The first kappa shape index (κ1) is 19.1. The summed E-state index contributed by atoms with van der Waals surface area (Å²) in [5.74, 6) is 0.653. The Labute approximate surface area is 162 Å². The lowest BCUT2D eigenvalue weighted by atomic mass is 9.96. The minimum absolute atomic E-state index is 0.0373. The van der Waals surface area contributed by atoms with Gasteiger partial charge in [-0.2, -0.15) is 0 Å². The van der Waals surface area contributed by atoms with Gasteiger partial charge in [-0.25, -0.2) is 0 Å². The average molecular weight is 376 g/mol. The predicted molar refractivity (Wildman–Crippen MR) is 107 cm³/mol. The standard InChI is InChI=1S/C22H20N2O4/c1-28-22-10-9-16(11-17-5-2-3-6-19(17)14-23-15-25)12-21(22)18-7-4-8-20(13-18)24(26)27/h2-10,12-13,15H,11,14H2,1H3,(H,23,25). The Morgan fingerprint density at radius 2 is 1.82 bits per heavy atom. The molecule has 3 aromatic rings. The van der Waals surface area contributed by atoms with Crippen LogP contribution in [0.15, 0.2) is 66.7 Å². The monoisotopic (exact) mass is 376 g/mol. The van der Waals surface area contributed by atoms with Crippen LogP contribution >= 0.6 is 0 Å². The van der Waals surface area contributed by atoms with Crippen LogP contribution in [0.25, 0.3) is 11.1 Å². The first-order valence-corrected chi connectivity index (χ1v) is 8.78. The minimum Gasteiger partial charge on any atom is -0.496 e. The summed E-state index contributed by atoms with van der Waals surface area (Å²) in [5, 5.41) is 13.8. The van der Waals surface area contributed by atoms with Gasteiger partial charge in [-0.05, 0) is 40.8 Å². The number of amides is 1. The van der Waals surface area contributed by atoms with Crippen molar-refractivity contribution in [3.63, 3.8) is 0 Å². The van der Waals surface area contributed by atoms with E-state index in [0.717, 1.165) is 27.8 Å². The molecule has 0 atom stereocenters. The number of rotatable bonds is 8. The highest BCUT2D eigenvalue weighted by Gasteiger charge is 2.12. The summed E-state index contributed by atoms with van der Waals surface area (Å²) in [6, 6.07) is 20.3. The van der Waals surface area contributed by atoms with Gasteiger partial charge < -0.3 is 10.1 Å². The molecule has 1 N–H and O–H groups in total. The highest BCUT2D eigenvalue weighted by atomic mass is 16.6. The molecule has 0 bridgehead atoms. The Balaban J connectivity index is 1.97. The van der Waals surface area contributed by atoms with Gasteiger partial charge >= 0.3 is 0 Å². The molecule has 0 aromatic heterocycles. The number of nitro benzene ring substituents is 1. The molecule has 142 valence electrons. The van der Waals surface area contributed by atoms with Crippen LogP contribution in [0.3, 0.4) is 0 Å². The van der Waals surface area contributed by atoms with Crippen LogP contribution in [0.2, 0.25) is 0 Å². The second kappa shape index (κ2) is 8.81. The van der Waals surface area contributed by atoms with Crippen molar-refractivity contribution in [2.24, 2.45) is 0 Å². The number of nitrogens with one attached hydrogen (secondary N) is 1. The van der Waals surface area contributed by atoms with Crippen LogP contribution in [0, 0.1) is 10.1 Å². The lowest BCUT2D eigenvalue weighted by Gasteiger charge is -2.13. The van der Waals surface area contributed by atoms with E-state index in [-0.39, 0.29) is 5.69 Å². The Bertz CT molecular complexity index is 1000. The second-order valence-electron chi connectivity index (χ2n) is 6.29. The number of carbonyl (C=O) groups excluding carboxylic acids is 1. The Kier molecular flexibility index (Phi) is 6.01. The summed E-state index contributed by atoms with van der Waals surface area (Å²) in [6.07, 6.45) is 1.35. The molecular formula is C22H20N2O4. The summed E-state index contributed by atoms with van der Waals surface area (Å²) < 4.78 is 5.46. The number of hydrogen-bond acceptors (Lipinski definition) is 4. The van der Waals surface area contributed by atoms with E-state index >= 15 is 0 Å². The lowest BCUT2D eigenvalue weighted by Crippen LogP contribution is -2.11. The number of carbonyl (C=O) groups is 1. The van der Waals surface area contributed by atoms with E-state index in [1.165, 1.54) is 6.07 Å². The van der Waals surface area contributed by atoms with Crippen LogP contribution in [0.4, 0.5) is 5.69 Å². The van der Waals surface area contributed by atoms with E-state index in [9.17, 15) is 14.9 Å². The van der Waals surface area contributed by atoms with E-state index in [4.69, 9.17) is 4.74 Å². The molecule has 0 heterocycles. The molecule has 0 aliphatic rings. The summed E-state index contributed by atoms with van der Waals surface area (Å²) in [7, 11) is 1.58. The molecule has 1 amide bonds. The SMILES string of the molecule is COc1ccc(Cc2ccccc2CNC=O)cc1-c1cccc([N+](=O)[O-])c1. The third kappa shape index (κ3) is 4.35. The summed E-state index contributed by atoms with van der Waals surface area (Å²) in [4.78, 5) is 21.3. The number of methoxy groups -OCH3 is 1. The highest BCUT2D eigenvalue weighted by molar-refractivity contribution is 5.73. The molecule has 0 saturated carbocycles. The van der Waals surface area contributed by atoms with Crippen molar-refractivity contribution >= 4 is 12.1 Å². The Morgan fingerprint density at radius 1 is 1.04 bits per heavy atom. The maximum atomic E-state index is 11.1. The third-order valence-corrected chi connectivity index (χ3v) is 4.52. The Hall–Kier alpha value is -3.67. The molecular weight excluding hydrogens is 356 g/mol. The number of nitrogens with zero attached hydrogens (tertiary/aromatic N) is 1. The van der Waals surface area contributed by atoms with Gasteiger partial charge in [0.05, 0.1) is 12.0 Å². The van der Waals surface area contributed by atoms with Crippen molar-refractivity contribution in [1.29, 1.82) is 0 Å². The van der Waals surface area contributed by atoms with Crippen LogP contribution in [0.5, 0.6) is 5.75 Å². The number of ether oxygens (including phenoxy) is 1. The van der Waals surface area contributed by atoms with Gasteiger partial charge in [-0.15, -0.1) is 0 Å². The average Bonchev–Trinajstić information content (AvgIpc) is 2.73. The van der Waals surface area contributed by atoms with Crippen LogP contribution < -0.4 is 10.1 Å². The van der Waals surface area contributed by atoms with E-state index < -0.39 is 4.92 Å². The maximum absolute atomic E-state index is 11.1. The second-order valence-corrected chi connectivity index (χ2v) is 6.29. The molecule has 0 saturated heterocycles. The van der Waals surface area contributed by atoms with E-state index in [1.54, 1.807) is 19.2 Å². The molecule has 6 heteroatoms. The van der Waals surface area contributed by atoms with Crippen LogP contribution in [0.1, 0.15) is 16.7 Å². The number of benzene rings is 3. The smallest absolute Gasteiger partial charge is 0.270 e. The summed E-state index contributed by atoms with van der Waals surface area (Å²) >= 11 is 0. The fourth-order valence-electron chi connectivity index (χ4n) is 3.15. The largest absolute Gasteiger partial charge is 0.496 e. The molecule has 28 heavy (non-hydrogen) atoms. The minimum atomic E-state index is -0.407. The maximum Gasteiger partial charge on any atom is 0.270 e. The van der Waals surface area contributed by atoms with E-state index in [2.05, 4.69) is 5.32 Å². The molecule has 0 radical (unpaired) electrons. The zero-order valence-corrected chi connectivity index (χ0v) is 15.4. The van der Waals surface area contributed by atoms with E-state index in [0.29, 0.717) is 25.1 Å². The molecule has 0 spiro atoms. The summed E-state index contributed by atoms with van der Waals surface area (Å²) in [6.45, 7) is 0.466. The van der Waals surface area contributed by atoms with Crippen molar-refractivity contribution in [3.05, 3.63) is 93.5 Å². The summed E-state index contributed by atoms with van der Waals surface area (Å²) in [5.41, 5.74) is 4.75. The number of non-ortho nitro benzene ring substituents is 1. The van der Waals surface area contributed by atoms with Gasteiger partial charge in [0.2, 0.25) is 6.41 Å². The molecule has 0 aliphatic carbocycles. The Morgan fingerprint density at radius 3 is 2.54 bits per heavy atom. The van der Waals surface area contributed by atoms with Crippen molar-refractivity contribution < 1.29 is 14.5 Å². The zero-order valence-electron chi connectivity index (χ0n) is 15.4. The lowest BCUT2D eigenvalue weighted by molar-refractivity contribution is -0.384. The first-order chi connectivity index (χ1) is 13.6.